The highest BCUT2D eigenvalue weighted by Crippen LogP contribution is 2.38. The molecular formula is C16H30N2O3. The summed E-state index contributed by atoms with van der Waals surface area (Å²) in [5.41, 5.74) is -0.779. The Morgan fingerprint density at radius 2 is 1.76 bits per heavy atom. The van der Waals surface area contributed by atoms with E-state index in [1.807, 2.05) is 0 Å². The smallest absolute Gasteiger partial charge is 0.314 e. The zero-order valence-electron chi connectivity index (χ0n) is 13.6. The van der Waals surface area contributed by atoms with E-state index >= 15 is 0 Å². The van der Waals surface area contributed by atoms with Gasteiger partial charge in [0.05, 0.1) is 5.41 Å². The number of hydrogen-bond acceptors (Lipinski definition) is 2. The predicted molar refractivity (Wildman–Crippen MR) is 83.2 cm³/mol. The average molecular weight is 298 g/mol. The third-order valence-electron chi connectivity index (χ3n) is 4.98. The van der Waals surface area contributed by atoms with Crippen molar-refractivity contribution in [1.29, 1.82) is 0 Å². The summed E-state index contributed by atoms with van der Waals surface area (Å²) in [7, 11) is 0. The van der Waals surface area contributed by atoms with Crippen LogP contribution in [0.25, 0.3) is 0 Å². The van der Waals surface area contributed by atoms with E-state index in [9.17, 15) is 14.7 Å². The fourth-order valence-electron chi connectivity index (χ4n) is 2.91. The van der Waals surface area contributed by atoms with E-state index in [0.29, 0.717) is 31.2 Å². The maximum Gasteiger partial charge on any atom is 0.314 e. The molecule has 3 N–H and O–H groups in total. The molecule has 1 saturated carbocycles. The summed E-state index contributed by atoms with van der Waals surface area (Å²) in [4.78, 5) is 23.4. The Labute approximate surface area is 127 Å². The standard InChI is InChI=1S/C16H30N2O3/c1-4-13(5-2)10-17-15(21)18-11-16(14(19)20)8-6-12(3)7-9-16/h12-13H,4-11H2,1-3H3,(H,19,20)(H2,17,18,21). The third-order valence-corrected chi connectivity index (χ3v) is 4.98. The highest BCUT2D eigenvalue weighted by atomic mass is 16.4. The van der Waals surface area contributed by atoms with Gasteiger partial charge in [-0.25, -0.2) is 4.79 Å². The van der Waals surface area contributed by atoms with Crippen molar-refractivity contribution in [2.75, 3.05) is 13.1 Å². The number of carbonyl (C=O) groups is 2. The molecule has 0 aliphatic heterocycles. The van der Waals surface area contributed by atoms with Crippen molar-refractivity contribution in [2.24, 2.45) is 17.3 Å². The Kier molecular flexibility index (Phi) is 6.99. The van der Waals surface area contributed by atoms with Gasteiger partial charge in [-0.05, 0) is 37.5 Å². The van der Waals surface area contributed by atoms with Crippen molar-refractivity contribution in [3.8, 4) is 0 Å². The second-order valence-electron chi connectivity index (χ2n) is 6.51. The van der Waals surface area contributed by atoms with Crippen molar-refractivity contribution >= 4 is 12.0 Å². The SMILES string of the molecule is CCC(CC)CNC(=O)NCC1(C(=O)O)CCC(C)CC1. The quantitative estimate of drug-likeness (QED) is 0.676. The first kappa shape index (κ1) is 17.8. The molecule has 1 fully saturated rings. The molecule has 1 aliphatic carbocycles. The van der Waals surface area contributed by atoms with Crippen LogP contribution in [-0.2, 0) is 4.79 Å². The molecule has 21 heavy (non-hydrogen) atoms. The van der Waals surface area contributed by atoms with Crippen molar-refractivity contribution < 1.29 is 14.7 Å². The van der Waals surface area contributed by atoms with Gasteiger partial charge in [-0.1, -0.05) is 33.6 Å². The van der Waals surface area contributed by atoms with Crippen molar-refractivity contribution in [2.45, 2.75) is 59.3 Å². The molecule has 0 aromatic carbocycles. The number of carbonyl (C=O) groups excluding carboxylic acids is 1. The number of nitrogens with one attached hydrogen (secondary N) is 2. The van der Waals surface area contributed by atoms with Crippen LogP contribution in [0.5, 0.6) is 0 Å². The molecular weight excluding hydrogens is 268 g/mol. The molecule has 1 rings (SSSR count). The summed E-state index contributed by atoms with van der Waals surface area (Å²) >= 11 is 0. The van der Waals surface area contributed by atoms with Crippen LogP contribution in [0, 0.1) is 17.3 Å². The van der Waals surface area contributed by atoms with Gasteiger partial charge in [-0.2, -0.15) is 0 Å². The van der Waals surface area contributed by atoms with Gasteiger partial charge < -0.3 is 15.7 Å². The molecule has 0 aromatic heterocycles. The second-order valence-corrected chi connectivity index (χ2v) is 6.51. The maximum atomic E-state index is 11.8. The summed E-state index contributed by atoms with van der Waals surface area (Å²) in [5.74, 6) is 0.288. The lowest BCUT2D eigenvalue weighted by molar-refractivity contribution is -0.151. The lowest BCUT2D eigenvalue weighted by Gasteiger charge is -2.35. The molecule has 0 aromatic rings. The van der Waals surface area contributed by atoms with Gasteiger partial charge in [0.15, 0.2) is 0 Å². The van der Waals surface area contributed by atoms with Crippen molar-refractivity contribution in [1.82, 2.24) is 10.6 Å². The molecule has 5 heteroatoms. The van der Waals surface area contributed by atoms with E-state index in [4.69, 9.17) is 0 Å². The van der Waals surface area contributed by atoms with Gasteiger partial charge >= 0.3 is 12.0 Å². The molecule has 0 atom stereocenters. The largest absolute Gasteiger partial charge is 0.481 e. The molecule has 5 nitrogen and oxygen atoms in total. The average Bonchev–Trinajstić information content (AvgIpc) is 2.47. The van der Waals surface area contributed by atoms with E-state index in [0.717, 1.165) is 25.7 Å². The fourth-order valence-corrected chi connectivity index (χ4v) is 2.91. The van der Waals surface area contributed by atoms with E-state index in [1.165, 1.54) is 0 Å². The van der Waals surface area contributed by atoms with Crippen LogP contribution in [0.3, 0.4) is 0 Å². The Hall–Kier alpha value is -1.26. The van der Waals surface area contributed by atoms with Crippen LogP contribution in [0.1, 0.15) is 59.3 Å². The number of amides is 2. The number of urea groups is 1. The van der Waals surface area contributed by atoms with Crippen LogP contribution in [0.4, 0.5) is 4.79 Å². The normalized spacial score (nSPS) is 25.6. The Morgan fingerprint density at radius 3 is 2.24 bits per heavy atom. The summed E-state index contributed by atoms with van der Waals surface area (Å²) in [6, 6.07) is -0.249. The Morgan fingerprint density at radius 1 is 1.19 bits per heavy atom. The molecule has 1 aliphatic rings. The van der Waals surface area contributed by atoms with E-state index in [2.05, 4.69) is 31.4 Å². The summed E-state index contributed by atoms with van der Waals surface area (Å²) in [6.07, 6.45) is 5.21. The molecule has 0 bridgehead atoms. The molecule has 2 amide bonds. The minimum Gasteiger partial charge on any atom is -0.481 e. The van der Waals surface area contributed by atoms with Gasteiger partial charge in [-0.3, -0.25) is 4.79 Å². The lowest BCUT2D eigenvalue weighted by Crippen LogP contribution is -2.48. The van der Waals surface area contributed by atoms with Crippen molar-refractivity contribution in [3.05, 3.63) is 0 Å². The van der Waals surface area contributed by atoms with Crippen LogP contribution >= 0.6 is 0 Å². The molecule has 0 unspecified atom stereocenters. The van der Waals surface area contributed by atoms with Crippen LogP contribution < -0.4 is 10.6 Å². The summed E-state index contributed by atoms with van der Waals surface area (Å²) < 4.78 is 0. The number of rotatable bonds is 7. The number of carboxylic acids is 1. The Bertz CT molecular complexity index is 345. The highest BCUT2D eigenvalue weighted by Gasteiger charge is 2.41. The molecule has 0 spiro atoms. The first-order valence-corrected chi connectivity index (χ1v) is 8.18. The monoisotopic (exact) mass is 298 g/mol. The molecule has 0 radical (unpaired) electrons. The van der Waals surface area contributed by atoms with E-state index in [1.54, 1.807) is 0 Å². The van der Waals surface area contributed by atoms with E-state index < -0.39 is 11.4 Å². The van der Waals surface area contributed by atoms with E-state index in [-0.39, 0.29) is 12.6 Å². The number of hydrogen-bond donors (Lipinski definition) is 3. The highest BCUT2D eigenvalue weighted by molar-refractivity contribution is 5.78. The first-order chi connectivity index (χ1) is 9.93. The molecule has 122 valence electrons. The topological polar surface area (TPSA) is 78.4 Å². The Balaban J connectivity index is 2.43. The van der Waals surface area contributed by atoms with Crippen LogP contribution in [-0.4, -0.2) is 30.2 Å². The van der Waals surface area contributed by atoms with Gasteiger partial charge in [0, 0.05) is 13.1 Å². The maximum absolute atomic E-state index is 11.8. The third kappa shape index (κ3) is 5.21. The predicted octanol–water partition coefficient (Wildman–Crippen LogP) is 3.00. The first-order valence-electron chi connectivity index (χ1n) is 8.18. The van der Waals surface area contributed by atoms with Crippen LogP contribution in [0.15, 0.2) is 0 Å². The fraction of sp³-hybridized carbons (Fsp3) is 0.875. The summed E-state index contributed by atoms with van der Waals surface area (Å²) in [5, 5.41) is 15.1. The summed E-state index contributed by atoms with van der Waals surface area (Å²) in [6.45, 7) is 7.24. The van der Waals surface area contributed by atoms with Crippen LogP contribution in [0.2, 0.25) is 0 Å². The minimum atomic E-state index is -0.783. The van der Waals surface area contributed by atoms with Gasteiger partial charge in [0.25, 0.3) is 0 Å². The van der Waals surface area contributed by atoms with Gasteiger partial charge in [0.2, 0.25) is 0 Å². The second kappa shape index (κ2) is 8.25. The zero-order valence-corrected chi connectivity index (χ0v) is 13.6. The van der Waals surface area contributed by atoms with Gasteiger partial charge in [0.1, 0.15) is 0 Å². The van der Waals surface area contributed by atoms with Crippen molar-refractivity contribution in [3.63, 3.8) is 0 Å². The number of carboxylic acid groups (broad SMARTS) is 1. The minimum absolute atomic E-state index is 0.226. The number of aliphatic carboxylic acids is 1. The van der Waals surface area contributed by atoms with Gasteiger partial charge in [-0.15, -0.1) is 0 Å². The molecule has 0 heterocycles. The lowest BCUT2D eigenvalue weighted by atomic mass is 9.71. The zero-order chi connectivity index (χ0) is 15.9. The molecule has 0 saturated heterocycles.